The topological polar surface area (TPSA) is 45.5 Å². The number of rotatable bonds is 2. The third kappa shape index (κ3) is 2.58. The maximum atomic E-state index is 10.2. The molecule has 4 heteroatoms. The molecule has 0 unspecified atom stereocenters. The first kappa shape index (κ1) is 13.9. The van der Waals surface area contributed by atoms with Crippen molar-refractivity contribution in [1.82, 2.24) is 4.98 Å². The Morgan fingerprint density at radius 2 is 1.83 bits per heavy atom. The van der Waals surface area contributed by atoms with Gasteiger partial charge in [-0.05, 0) is 19.1 Å². The lowest BCUT2D eigenvalue weighted by Gasteiger charge is -1.97. The summed E-state index contributed by atoms with van der Waals surface area (Å²) in [6.07, 6.45) is 3.77. The van der Waals surface area contributed by atoms with Crippen LogP contribution in [0, 0.1) is 6.92 Å². The summed E-state index contributed by atoms with van der Waals surface area (Å²) >= 11 is 1.48. The molecule has 0 saturated carbocycles. The van der Waals surface area contributed by atoms with E-state index in [4.69, 9.17) is 0 Å². The van der Waals surface area contributed by atoms with Crippen molar-refractivity contribution >= 4 is 34.9 Å². The van der Waals surface area contributed by atoms with Crippen molar-refractivity contribution in [2.45, 2.75) is 6.92 Å². The number of allylic oxidation sites excluding steroid dienone is 1. The van der Waals surface area contributed by atoms with Crippen LogP contribution < -0.4 is 0 Å². The van der Waals surface area contributed by atoms with E-state index in [0.29, 0.717) is 0 Å². The number of aromatic hydroxyl groups is 1. The van der Waals surface area contributed by atoms with Crippen molar-refractivity contribution in [3.8, 4) is 16.5 Å². The Labute approximate surface area is 138 Å². The van der Waals surface area contributed by atoms with E-state index in [1.165, 1.54) is 16.9 Å². The molecule has 0 fully saturated rings. The molecule has 112 valence electrons. The number of hydrogen-bond donors (Lipinski definition) is 1. The summed E-state index contributed by atoms with van der Waals surface area (Å²) in [5, 5.41) is 11.0. The van der Waals surface area contributed by atoms with E-state index in [1.54, 1.807) is 0 Å². The van der Waals surface area contributed by atoms with Gasteiger partial charge in [0.1, 0.15) is 5.01 Å². The van der Waals surface area contributed by atoms with Crippen LogP contribution in [0.3, 0.4) is 0 Å². The number of hydrogen-bond acceptors (Lipinski definition) is 4. The first-order chi connectivity index (χ1) is 11.2. The fourth-order valence-corrected chi connectivity index (χ4v) is 3.45. The number of fused-ring (bicyclic) bond motifs is 1. The Balaban J connectivity index is 1.73. The van der Waals surface area contributed by atoms with Gasteiger partial charge in [-0.3, -0.25) is 4.99 Å². The fraction of sp³-hybridized carbons (Fsp3) is 0.0526. The van der Waals surface area contributed by atoms with Crippen LogP contribution >= 0.6 is 11.3 Å². The zero-order chi connectivity index (χ0) is 15.8. The predicted octanol–water partition coefficient (Wildman–Crippen LogP) is 5.08. The largest absolute Gasteiger partial charge is 0.492 e. The molecule has 0 saturated heterocycles. The Hall–Kier alpha value is -2.72. The minimum absolute atomic E-state index is 0.0656. The number of aryl methyl sites for hydroxylation is 1. The summed E-state index contributed by atoms with van der Waals surface area (Å²) in [6.45, 7) is 2.05. The summed E-state index contributed by atoms with van der Waals surface area (Å²) in [5.41, 5.74) is 5.25. The highest BCUT2D eigenvalue weighted by molar-refractivity contribution is 7.16. The third-order valence-electron chi connectivity index (χ3n) is 3.78. The van der Waals surface area contributed by atoms with Crippen LogP contribution in [0.1, 0.15) is 16.0 Å². The molecule has 1 aliphatic heterocycles. The van der Waals surface area contributed by atoms with Gasteiger partial charge >= 0.3 is 0 Å². The molecule has 23 heavy (non-hydrogen) atoms. The van der Waals surface area contributed by atoms with Gasteiger partial charge in [-0.25, -0.2) is 4.98 Å². The maximum Gasteiger partial charge on any atom is 0.230 e. The minimum atomic E-state index is 0.0656. The van der Waals surface area contributed by atoms with Crippen molar-refractivity contribution in [3.63, 3.8) is 0 Å². The minimum Gasteiger partial charge on any atom is -0.492 e. The standard InChI is InChI=1S/C19H14N2OS/c1-12-6-8-13(9-7-12)19-21-18(22)17(23-19)10-14-11-20-16-5-3-2-4-15(14)16/h2-11,22H,1H3. The van der Waals surface area contributed by atoms with Gasteiger partial charge in [0.2, 0.25) is 5.88 Å². The summed E-state index contributed by atoms with van der Waals surface area (Å²) in [4.78, 5) is 9.43. The molecule has 0 atom stereocenters. The van der Waals surface area contributed by atoms with Gasteiger partial charge in [0, 0.05) is 22.9 Å². The fourth-order valence-electron chi connectivity index (χ4n) is 2.53. The Morgan fingerprint density at radius 1 is 1.04 bits per heavy atom. The molecule has 1 aliphatic rings. The second-order valence-electron chi connectivity index (χ2n) is 5.45. The van der Waals surface area contributed by atoms with Crippen LogP contribution in [0.5, 0.6) is 5.88 Å². The predicted molar refractivity (Wildman–Crippen MR) is 96.4 cm³/mol. The van der Waals surface area contributed by atoms with E-state index in [2.05, 4.69) is 16.9 Å². The highest BCUT2D eigenvalue weighted by atomic mass is 32.1. The van der Waals surface area contributed by atoms with Crippen LogP contribution in [0.25, 0.3) is 22.2 Å². The summed E-state index contributed by atoms with van der Waals surface area (Å²) in [6, 6.07) is 16.1. The zero-order valence-electron chi connectivity index (χ0n) is 12.5. The van der Waals surface area contributed by atoms with E-state index in [0.717, 1.165) is 32.3 Å². The lowest BCUT2D eigenvalue weighted by Crippen LogP contribution is -1.78. The number of aliphatic imine (C=N–C) groups is 1. The lowest BCUT2D eigenvalue weighted by atomic mass is 10.1. The normalized spacial score (nSPS) is 14.4. The molecule has 0 radical (unpaired) electrons. The number of nitrogens with zero attached hydrogens (tertiary/aromatic N) is 2. The van der Waals surface area contributed by atoms with Gasteiger partial charge in [0.05, 0.1) is 10.6 Å². The smallest absolute Gasteiger partial charge is 0.230 e. The van der Waals surface area contributed by atoms with Crippen molar-refractivity contribution in [1.29, 1.82) is 0 Å². The third-order valence-corrected chi connectivity index (χ3v) is 4.82. The first-order valence-corrected chi connectivity index (χ1v) is 8.14. The summed E-state index contributed by atoms with van der Waals surface area (Å²) < 4.78 is 0. The Bertz CT molecular complexity index is 936. The quantitative estimate of drug-likeness (QED) is 0.716. The molecule has 0 aliphatic carbocycles. The van der Waals surface area contributed by atoms with Crippen LogP contribution in [-0.4, -0.2) is 16.3 Å². The van der Waals surface area contributed by atoms with Crippen molar-refractivity contribution in [2.75, 3.05) is 0 Å². The molecular formula is C19H14N2OS. The molecule has 3 nitrogen and oxygen atoms in total. The highest BCUT2D eigenvalue weighted by Gasteiger charge is 2.15. The van der Waals surface area contributed by atoms with Gasteiger partial charge in [0.15, 0.2) is 0 Å². The molecule has 2 heterocycles. The van der Waals surface area contributed by atoms with Gasteiger partial charge in [0.25, 0.3) is 0 Å². The van der Waals surface area contributed by atoms with E-state index >= 15 is 0 Å². The Kier molecular flexibility index (Phi) is 3.32. The zero-order valence-corrected chi connectivity index (χ0v) is 13.3. The van der Waals surface area contributed by atoms with E-state index in [1.807, 2.05) is 60.8 Å². The van der Waals surface area contributed by atoms with Crippen LogP contribution in [0.2, 0.25) is 0 Å². The van der Waals surface area contributed by atoms with E-state index in [-0.39, 0.29) is 5.88 Å². The average molecular weight is 318 g/mol. The molecule has 1 aromatic heterocycles. The van der Waals surface area contributed by atoms with E-state index < -0.39 is 0 Å². The number of para-hydroxylation sites is 1. The Morgan fingerprint density at radius 3 is 2.65 bits per heavy atom. The molecular weight excluding hydrogens is 304 g/mol. The monoisotopic (exact) mass is 318 g/mol. The van der Waals surface area contributed by atoms with Crippen molar-refractivity contribution in [3.05, 3.63) is 64.5 Å². The van der Waals surface area contributed by atoms with Crippen molar-refractivity contribution in [2.24, 2.45) is 4.99 Å². The van der Waals surface area contributed by atoms with Gasteiger partial charge < -0.3 is 5.11 Å². The van der Waals surface area contributed by atoms with Crippen molar-refractivity contribution < 1.29 is 5.11 Å². The van der Waals surface area contributed by atoms with E-state index in [9.17, 15) is 5.11 Å². The molecule has 2 aromatic carbocycles. The van der Waals surface area contributed by atoms with Gasteiger partial charge in [-0.1, -0.05) is 48.0 Å². The van der Waals surface area contributed by atoms with Crippen LogP contribution in [-0.2, 0) is 0 Å². The molecule has 3 aromatic rings. The van der Waals surface area contributed by atoms with Gasteiger partial charge in [-0.15, -0.1) is 11.3 Å². The molecule has 0 spiro atoms. The SMILES string of the molecule is Cc1ccc(-c2nc(O)c(C=C3C=Nc4ccccc43)s2)cc1. The number of benzene rings is 2. The highest BCUT2D eigenvalue weighted by Crippen LogP contribution is 2.37. The molecule has 1 N–H and O–H groups in total. The molecule has 0 bridgehead atoms. The van der Waals surface area contributed by atoms with Crippen LogP contribution in [0.4, 0.5) is 5.69 Å². The average Bonchev–Trinajstić information content (AvgIpc) is 3.13. The second-order valence-corrected chi connectivity index (χ2v) is 6.48. The number of thiazole rings is 1. The molecule has 4 rings (SSSR count). The van der Waals surface area contributed by atoms with Crippen LogP contribution in [0.15, 0.2) is 53.5 Å². The van der Waals surface area contributed by atoms with Gasteiger partial charge in [-0.2, -0.15) is 0 Å². The number of aromatic nitrogens is 1. The molecule has 0 amide bonds. The second kappa shape index (κ2) is 5.48. The summed E-state index contributed by atoms with van der Waals surface area (Å²) in [7, 11) is 0. The summed E-state index contributed by atoms with van der Waals surface area (Å²) in [5.74, 6) is 0.0656. The lowest BCUT2D eigenvalue weighted by molar-refractivity contribution is 0.457. The maximum absolute atomic E-state index is 10.2. The first-order valence-electron chi connectivity index (χ1n) is 7.33.